The maximum absolute atomic E-state index is 12.7. The number of nitrogens with zero attached hydrogens (tertiary/aromatic N) is 2. The first-order valence-electron chi connectivity index (χ1n) is 10.7. The van der Waals surface area contributed by atoms with E-state index in [1.54, 1.807) is 24.3 Å². The van der Waals surface area contributed by atoms with Crippen LogP contribution in [-0.4, -0.2) is 17.5 Å². The van der Waals surface area contributed by atoms with Gasteiger partial charge in [-0.15, -0.1) is 0 Å². The molecule has 1 aliphatic rings. The van der Waals surface area contributed by atoms with Crippen LogP contribution < -0.4 is 10.2 Å². The Labute approximate surface area is 190 Å². The van der Waals surface area contributed by atoms with Gasteiger partial charge in [-0.05, 0) is 94.0 Å². The molecule has 5 heteroatoms. The summed E-state index contributed by atoms with van der Waals surface area (Å²) in [7, 11) is 0. The minimum absolute atomic E-state index is 0.0591. The monoisotopic (exact) mass is 435 g/mol. The molecule has 31 heavy (non-hydrogen) atoms. The number of carbonyl (C=O) groups is 1. The molecule has 1 heterocycles. The summed E-state index contributed by atoms with van der Waals surface area (Å²) in [5.41, 5.74) is 4.84. The predicted molar refractivity (Wildman–Crippen MR) is 130 cm³/mol. The Morgan fingerprint density at radius 1 is 1.32 bits per heavy atom. The molecule has 1 amide bonds. The minimum Gasteiger partial charge on any atom is -0.364 e. The van der Waals surface area contributed by atoms with E-state index >= 15 is 0 Å². The molecule has 1 aliphatic heterocycles. The highest BCUT2D eigenvalue weighted by molar-refractivity contribution is 6.31. The van der Waals surface area contributed by atoms with Crippen LogP contribution >= 0.6 is 11.6 Å². The topological polar surface area (TPSA) is 56.1 Å². The molecule has 0 fully saturated rings. The van der Waals surface area contributed by atoms with Crippen molar-refractivity contribution in [3.05, 3.63) is 63.7 Å². The van der Waals surface area contributed by atoms with Crippen LogP contribution in [0.25, 0.3) is 6.08 Å². The maximum Gasteiger partial charge on any atom is 0.266 e. The first-order valence-corrected chi connectivity index (χ1v) is 11.0. The third-order valence-electron chi connectivity index (χ3n) is 6.01. The van der Waals surface area contributed by atoms with Crippen LogP contribution in [0.4, 0.5) is 11.4 Å². The summed E-state index contributed by atoms with van der Waals surface area (Å²) in [6.45, 7) is 13.1. The van der Waals surface area contributed by atoms with E-state index in [4.69, 9.17) is 11.6 Å². The number of halogens is 1. The molecule has 0 aliphatic carbocycles. The molecule has 0 bridgehead atoms. The highest BCUT2D eigenvalue weighted by Crippen LogP contribution is 2.44. The number of hydrogen-bond acceptors (Lipinski definition) is 3. The lowest BCUT2D eigenvalue weighted by molar-refractivity contribution is -0.112. The highest BCUT2D eigenvalue weighted by Gasteiger charge is 2.37. The number of nitrogens with one attached hydrogen (secondary N) is 1. The fourth-order valence-electron chi connectivity index (χ4n) is 4.79. The van der Waals surface area contributed by atoms with E-state index in [0.29, 0.717) is 22.7 Å². The summed E-state index contributed by atoms with van der Waals surface area (Å²) in [5.74, 6) is -0.0506. The van der Waals surface area contributed by atoms with Gasteiger partial charge < -0.3 is 10.2 Å². The van der Waals surface area contributed by atoms with Crippen molar-refractivity contribution in [1.82, 2.24) is 0 Å². The van der Waals surface area contributed by atoms with Gasteiger partial charge in [0.15, 0.2) is 0 Å². The lowest BCUT2D eigenvalue weighted by atomic mass is 9.79. The van der Waals surface area contributed by atoms with Crippen LogP contribution in [-0.2, 0) is 4.79 Å². The van der Waals surface area contributed by atoms with Gasteiger partial charge in [-0.25, -0.2) is 0 Å². The molecule has 162 valence electrons. The fourth-order valence-corrected chi connectivity index (χ4v) is 4.96. The molecule has 1 N–H and O–H groups in total. The summed E-state index contributed by atoms with van der Waals surface area (Å²) in [6, 6.07) is 13.9. The van der Waals surface area contributed by atoms with Gasteiger partial charge in [0.25, 0.3) is 5.91 Å². The van der Waals surface area contributed by atoms with Gasteiger partial charge in [-0.3, -0.25) is 4.79 Å². The number of fused-ring (bicyclic) bond motifs is 1. The first-order chi connectivity index (χ1) is 14.5. The molecule has 0 aromatic heterocycles. The van der Waals surface area contributed by atoms with Crippen molar-refractivity contribution < 1.29 is 4.79 Å². The molecule has 0 unspecified atom stereocenters. The molecule has 0 saturated heterocycles. The predicted octanol–water partition coefficient (Wildman–Crippen LogP) is 6.69. The molecule has 2 aromatic carbocycles. The number of amides is 1. The third-order valence-corrected chi connectivity index (χ3v) is 6.42. The fraction of sp³-hybridized carbons (Fsp3) is 0.385. The smallest absolute Gasteiger partial charge is 0.266 e. The molecule has 4 nitrogen and oxygen atoms in total. The van der Waals surface area contributed by atoms with Gasteiger partial charge in [-0.2, -0.15) is 5.26 Å². The van der Waals surface area contributed by atoms with E-state index in [1.807, 2.05) is 19.1 Å². The second kappa shape index (κ2) is 8.77. The van der Waals surface area contributed by atoms with Crippen molar-refractivity contribution in [1.29, 1.82) is 5.26 Å². The molecular weight excluding hydrogens is 406 g/mol. The van der Waals surface area contributed by atoms with Gasteiger partial charge in [0.1, 0.15) is 11.6 Å². The average Bonchev–Trinajstić information content (AvgIpc) is 2.68. The Kier molecular flexibility index (Phi) is 6.48. The van der Waals surface area contributed by atoms with Gasteiger partial charge >= 0.3 is 0 Å². The van der Waals surface area contributed by atoms with Crippen LogP contribution in [0.3, 0.4) is 0 Å². The van der Waals surface area contributed by atoms with E-state index in [1.165, 1.54) is 11.3 Å². The molecule has 0 saturated carbocycles. The molecule has 0 spiro atoms. The molecule has 0 radical (unpaired) electrons. The normalized spacial score (nSPS) is 17.8. The molecule has 1 atom stereocenters. The van der Waals surface area contributed by atoms with Crippen LogP contribution in [0.1, 0.15) is 63.6 Å². The summed E-state index contributed by atoms with van der Waals surface area (Å²) < 4.78 is 0. The average molecular weight is 436 g/mol. The molecule has 3 rings (SSSR count). The Bertz CT molecular complexity index is 1080. The number of carbonyl (C=O) groups excluding carboxylic acids is 1. The van der Waals surface area contributed by atoms with E-state index < -0.39 is 5.91 Å². The van der Waals surface area contributed by atoms with Crippen LogP contribution in [0.5, 0.6) is 0 Å². The Balaban J connectivity index is 1.94. The summed E-state index contributed by atoms with van der Waals surface area (Å²) in [6.07, 6.45) is 2.70. The molecular formula is C26H30ClN3O. The SMILES string of the molecule is Cc1c(Cl)cccc1NC(=O)/C(C#N)=C\c1ccc2c(c1)[C@@H](C)CC(C)(C)N2C(C)C. The zero-order chi connectivity index (χ0) is 22.9. The second-order valence-corrected chi connectivity index (χ2v) is 9.64. The number of anilines is 2. The minimum atomic E-state index is -0.441. The Hall–Kier alpha value is -2.77. The van der Waals surface area contributed by atoms with E-state index in [9.17, 15) is 10.1 Å². The largest absolute Gasteiger partial charge is 0.364 e. The highest BCUT2D eigenvalue weighted by atomic mass is 35.5. The lowest BCUT2D eigenvalue weighted by Crippen LogP contribution is -2.51. The summed E-state index contributed by atoms with van der Waals surface area (Å²) >= 11 is 6.14. The van der Waals surface area contributed by atoms with Crippen molar-refractivity contribution in [3.63, 3.8) is 0 Å². The number of hydrogen-bond donors (Lipinski definition) is 1. The number of benzene rings is 2. The van der Waals surface area contributed by atoms with Crippen molar-refractivity contribution in [2.24, 2.45) is 0 Å². The molecule has 2 aromatic rings. The zero-order valence-corrected chi connectivity index (χ0v) is 19.8. The standard InChI is InChI=1S/C26H30ClN3O/c1-16(2)30-24-11-10-19(13-21(24)17(3)14-26(30,5)6)12-20(15-28)25(31)29-23-9-7-8-22(27)18(23)4/h7-13,16-17H,14H2,1-6H3,(H,29,31)/b20-12-/t17-/m0/s1. The lowest BCUT2D eigenvalue weighted by Gasteiger charge is -2.50. The van der Waals surface area contributed by atoms with Crippen LogP contribution in [0.15, 0.2) is 42.0 Å². The Morgan fingerprint density at radius 2 is 2.03 bits per heavy atom. The van der Waals surface area contributed by atoms with Crippen LogP contribution in [0, 0.1) is 18.3 Å². The van der Waals surface area contributed by atoms with Gasteiger partial charge in [0.2, 0.25) is 0 Å². The zero-order valence-electron chi connectivity index (χ0n) is 19.1. The summed E-state index contributed by atoms with van der Waals surface area (Å²) in [4.78, 5) is 15.2. The van der Waals surface area contributed by atoms with Crippen LogP contribution in [0.2, 0.25) is 5.02 Å². The van der Waals surface area contributed by atoms with Crippen molar-refractivity contribution in [2.45, 2.75) is 65.5 Å². The Morgan fingerprint density at radius 3 is 2.68 bits per heavy atom. The van der Waals surface area contributed by atoms with Gasteiger partial charge in [0, 0.05) is 28.0 Å². The van der Waals surface area contributed by atoms with Crippen molar-refractivity contribution in [2.75, 3.05) is 10.2 Å². The number of nitriles is 1. The third kappa shape index (κ3) is 4.62. The van der Waals surface area contributed by atoms with Crippen molar-refractivity contribution >= 4 is 35.0 Å². The maximum atomic E-state index is 12.7. The quantitative estimate of drug-likeness (QED) is 0.429. The number of rotatable bonds is 4. The van der Waals surface area contributed by atoms with E-state index in [2.05, 4.69) is 57.0 Å². The van der Waals surface area contributed by atoms with Crippen molar-refractivity contribution in [3.8, 4) is 6.07 Å². The first kappa shape index (κ1) is 22.9. The van der Waals surface area contributed by atoms with Gasteiger partial charge in [0.05, 0.1) is 0 Å². The second-order valence-electron chi connectivity index (χ2n) is 9.24. The van der Waals surface area contributed by atoms with E-state index in [0.717, 1.165) is 17.5 Å². The van der Waals surface area contributed by atoms with Gasteiger partial charge in [-0.1, -0.05) is 30.7 Å². The van der Waals surface area contributed by atoms with E-state index in [-0.39, 0.29) is 11.1 Å². The summed E-state index contributed by atoms with van der Waals surface area (Å²) in [5, 5.41) is 13.0.